The van der Waals surface area contributed by atoms with Crippen molar-refractivity contribution < 1.29 is 18.9 Å². The highest BCUT2D eigenvalue weighted by Gasteiger charge is 2.45. The van der Waals surface area contributed by atoms with E-state index in [4.69, 9.17) is 0 Å². The Labute approximate surface area is 91.3 Å². The smallest absolute Gasteiger partial charge is 0.279 e. The van der Waals surface area contributed by atoms with E-state index in [0.29, 0.717) is 0 Å². The molecule has 2 unspecified atom stereocenters. The molecule has 0 fully saturated rings. The third-order valence-corrected chi connectivity index (χ3v) is 7.90. The van der Waals surface area contributed by atoms with Gasteiger partial charge in [-0.15, -0.1) is 0 Å². The minimum Gasteiger partial charge on any atom is -0.333 e. The minimum atomic E-state index is -3.86. The zero-order chi connectivity index (χ0) is 12.7. The fraction of sp³-hybridized carbons (Fsp3) is 1.00. The van der Waals surface area contributed by atoms with Gasteiger partial charge in [0.05, 0.1) is 10.3 Å². The first kappa shape index (κ1) is 15.3. The number of hydrogen-bond donors (Lipinski definition) is 3. The van der Waals surface area contributed by atoms with Crippen molar-refractivity contribution in [3.63, 3.8) is 0 Å². The van der Waals surface area contributed by atoms with Crippen LogP contribution in [0.5, 0.6) is 0 Å². The van der Waals surface area contributed by atoms with Gasteiger partial charge in [0, 0.05) is 0 Å². The molecular formula is C8H21NO4P2. The van der Waals surface area contributed by atoms with Crippen molar-refractivity contribution in [3.05, 3.63) is 0 Å². The van der Waals surface area contributed by atoms with Crippen LogP contribution in [0.3, 0.4) is 0 Å². The SMILES string of the molecule is CC(C)(C)P(=O)(O)NP(=O)(O)C(C)(C)C. The van der Waals surface area contributed by atoms with Gasteiger partial charge in [0.15, 0.2) is 0 Å². The van der Waals surface area contributed by atoms with Gasteiger partial charge in [-0.1, -0.05) is 0 Å². The first-order valence-corrected chi connectivity index (χ1v) is 7.98. The first-order chi connectivity index (χ1) is 6.21. The Hall–Kier alpha value is 0.340. The van der Waals surface area contributed by atoms with E-state index in [9.17, 15) is 18.9 Å². The maximum absolute atomic E-state index is 11.8. The summed E-state index contributed by atoms with van der Waals surface area (Å²) in [6.07, 6.45) is 0. The van der Waals surface area contributed by atoms with Crippen LogP contribution in [0, 0.1) is 0 Å². The molecule has 0 aromatic carbocycles. The Bertz CT molecular complexity index is 295. The van der Waals surface area contributed by atoms with Crippen molar-refractivity contribution in [2.24, 2.45) is 0 Å². The molecule has 7 heteroatoms. The largest absolute Gasteiger partial charge is 0.333 e. The average molecular weight is 257 g/mol. The van der Waals surface area contributed by atoms with Crippen molar-refractivity contribution in [2.75, 3.05) is 0 Å². The van der Waals surface area contributed by atoms with Crippen LogP contribution in [0.2, 0.25) is 0 Å². The van der Waals surface area contributed by atoms with Gasteiger partial charge in [-0.05, 0) is 41.5 Å². The van der Waals surface area contributed by atoms with Gasteiger partial charge < -0.3 is 9.79 Å². The van der Waals surface area contributed by atoms with E-state index in [1.807, 2.05) is 4.86 Å². The molecular weight excluding hydrogens is 236 g/mol. The number of rotatable bonds is 2. The summed E-state index contributed by atoms with van der Waals surface area (Å²) in [4.78, 5) is 21.4. The van der Waals surface area contributed by atoms with Crippen molar-refractivity contribution >= 4 is 15.0 Å². The van der Waals surface area contributed by atoms with Crippen LogP contribution in [0.4, 0.5) is 0 Å². The average Bonchev–Trinajstić information content (AvgIpc) is 1.77. The highest BCUT2D eigenvalue weighted by atomic mass is 31.2. The molecule has 0 heterocycles. The van der Waals surface area contributed by atoms with Crippen LogP contribution < -0.4 is 4.86 Å². The summed E-state index contributed by atoms with van der Waals surface area (Å²) < 4.78 is 23.6. The van der Waals surface area contributed by atoms with Gasteiger partial charge in [0.2, 0.25) is 0 Å². The summed E-state index contributed by atoms with van der Waals surface area (Å²) >= 11 is 0. The molecule has 0 saturated heterocycles. The van der Waals surface area contributed by atoms with Crippen LogP contribution in [0.1, 0.15) is 41.5 Å². The summed E-state index contributed by atoms with van der Waals surface area (Å²) in [5.74, 6) is 0. The topological polar surface area (TPSA) is 86.6 Å². The second-order valence-corrected chi connectivity index (χ2v) is 11.4. The lowest BCUT2D eigenvalue weighted by Crippen LogP contribution is -2.29. The standard InChI is InChI=1S/C8H21NO4P2/c1-7(2,3)14(10,11)9-15(12,13)8(4,5)6/h1-6H3,(H3,9,10,11,12,13). The Morgan fingerprint density at radius 2 is 1.00 bits per heavy atom. The summed E-state index contributed by atoms with van der Waals surface area (Å²) in [7, 11) is -7.71. The summed E-state index contributed by atoms with van der Waals surface area (Å²) in [5.41, 5.74) is 0. The first-order valence-electron chi connectivity index (χ1n) is 4.66. The van der Waals surface area contributed by atoms with Crippen molar-refractivity contribution in [3.8, 4) is 0 Å². The second-order valence-electron chi connectivity index (χ2n) is 5.59. The lowest BCUT2D eigenvalue weighted by atomic mass is 10.3. The van der Waals surface area contributed by atoms with E-state index in [0.717, 1.165) is 0 Å². The van der Waals surface area contributed by atoms with Gasteiger partial charge in [0.25, 0.3) is 15.0 Å². The molecule has 0 bridgehead atoms. The fourth-order valence-corrected chi connectivity index (χ4v) is 4.35. The lowest BCUT2D eigenvalue weighted by molar-refractivity contribution is 0.414. The van der Waals surface area contributed by atoms with Crippen molar-refractivity contribution in [1.29, 1.82) is 0 Å². The third-order valence-electron chi connectivity index (χ3n) is 2.09. The van der Waals surface area contributed by atoms with E-state index in [1.54, 1.807) is 41.5 Å². The second kappa shape index (κ2) is 3.97. The molecule has 3 N–H and O–H groups in total. The zero-order valence-electron chi connectivity index (χ0n) is 10.1. The van der Waals surface area contributed by atoms with E-state index >= 15 is 0 Å². The lowest BCUT2D eigenvalue weighted by Gasteiger charge is -2.33. The highest BCUT2D eigenvalue weighted by Crippen LogP contribution is 2.62. The van der Waals surface area contributed by atoms with Crippen molar-refractivity contribution in [1.82, 2.24) is 4.86 Å². The summed E-state index contributed by atoms with van der Waals surface area (Å²) in [6, 6.07) is 0. The molecule has 2 atom stereocenters. The Morgan fingerprint density at radius 1 is 0.800 bits per heavy atom. The Morgan fingerprint density at radius 3 is 1.13 bits per heavy atom. The van der Waals surface area contributed by atoms with E-state index in [-0.39, 0.29) is 0 Å². The van der Waals surface area contributed by atoms with E-state index < -0.39 is 25.4 Å². The van der Waals surface area contributed by atoms with Crippen LogP contribution >= 0.6 is 15.0 Å². The predicted octanol–water partition coefficient (Wildman–Crippen LogP) is 2.54. The van der Waals surface area contributed by atoms with Gasteiger partial charge >= 0.3 is 0 Å². The molecule has 5 nitrogen and oxygen atoms in total. The molecule has 0 aliphatic rings. The van der Waals surface area contributed by atoms with Gasteiger partial charge in [-0.25, -0.2) is 0 Å². The van der Waals surface area contributed by atoms with Crippen molar-refractivity contribution in [2.45, 2.75) is 51.9 Å². The summed E-state index contributed by atoms with van der Waals surface area (Å²) in [5, 5.41) is -1.92. The molecule has 0 saturated carbocycles. The molecule has 0 spiro atoms. The molecule has 92 valence electrons. The normalized spacial score (nSPS) is 21.9. The number of nitrogens with one attached hydrogen (secondary N) is 1. The molecule has 0 radical (unpaired) electrons. The zero-order valence-corrected chi connectivity index (χ0v) is 11.9. The Balaban J connectivity index is 5.08. The Kier molecular flexibility index (Phi) is 4.06. The van der Waals surface area contributed by atoms with Crippen LogP contribution in [-0.2, 0) is 9.13 Å². The van der Waals surface area contributed by atoms with Crippen LogP contribution in [0.25, 0.3) is 0 Å². The molecule has 0 amide bonds. The minimum absolute atomic E-state index is 0.962. The summed E-state index contributed by atoms with van der Waals surface area (Å²) in [6.45, 7) is 9.27. The van der Waals surface area contributed by atoms with Gasteiger partial charge in [-0.3, -0.25) is 9.13 Å². The van der Waals surface area contributed by atoms with E-state index in [2.05, 4.69) is 0 Å². The van der Waals surface area contributed by atoms with Crippen LogP contribution in [0.15, 0.2) is 0 Å². The maximum atomic E-state index is 11.8. The quantitative estimate of drug-likeness (QED) is 0.662. The molecule has 0 aromatic heterocycles. The van der Waals surface area contributed by atoms with E-state index in [1.165, 1.54) is 0 Å². The molecule has 0 aromatic rings. The molecule has 0 aliphatic carbocycles. The molecule has 0 aliphatic heterocycles. The van der Waals surface area contributed by atoms with Gasteiger partial charge in [-0.2, -0.15) is 4.86 Å². The monoisotopic (exact) mass is 257 g/mol. The third kappa shape index (κ3) is 3.69. The number of hydrogen-bond acceptors (Lipinski definition) is 2. The predicted molar refractivity (Wildman–Crippen MR) is 62.3 cm³/mol. The van der Waals surface area contributed by atoms with Gasteiger partial charge in [0.1, 0.15) is 0 Å². The molecule has 15 heavy (non-hydrogen) atoms. The molecule has 0 rings (SSSR count). The van der Waals surface area contributed by atoms with Crippen LogP contribution in [-0.4, -0.2) is 20.1 Å². The fourth-order valence-electron chi connectivity index (χ4n) is 0.484. The maximum Gasteiger partial charge on any atom is 0.279 e. The highest BCUT2D eigenvalue weighted by molar-refractivity contribution is 7.73.